The highest BCUT2D eigenvalue weighted by Gasteiger charge is 2.12. The summed E-state index contributed by atoms with van der Waals surface area (Å²) in [5.41, 5.74) is 0.597. The minimum atomic E-state index is -0.517. The van der Waals surface area contributed by atoms with Crippen LogP contribution in [0.5, 0.6) is 0 Å². The first-order chi connectivity index (χ1) is 9.45. The van der Waals surface area contributed by atoms with Crippen molar-refractivity contribution in [1.29, 1.82) is 0 Å². The van der Waals surface area contributed by atoms with Gasteiger partial charge in [0.1, 0.15) is 5.82 Å². The zero-order valence-electron chi connectivity index (χ0n) is 10.1. The van der Waals surface area contributed by atoms with Crippen LogP contribution in [0.3, 0.4) is 0 Å². The van der Waals surface area contributed by atoms with Gasteiger partial charge < -0.3 is 5.32 Å². The molecule has 0 heterocycles. The maximum Gasteiger partial charge on any atom is 0.228 e. The lowest BCUT2D eigenvalue weighted by atomic mass is 10.1. The van der Waals surface area contributed by atoms with E-state index in [1.807, 2.05) is 0 Å². The second kappa shape index (κ2) is 6.44. The summed E-state index contributed by atoms with van der Waals surface area (Å²) in [5.74, 6) is -0.924. The number of halogens is 4. The molecular formula is C14H9Cl3FNO. The van der Waals surface area contributed by atoms with Crippen molar-refractivity contribution in [3.63, 3.8) is 0 Å². The van der Waals surface area contributed by atoms with Gasteiger partial charge in [0.05, 0.1) is 6.42 Å². The summed E-state index contributed by atoms with van der Waals surface area (Å²) in [4.78, 5) is 11.9. The Hall–Kier alpha value is -1.29. The van der Waals surface area contributed by atoms with E-state index in [4.69, 9.17) is 34.8 Å². The third-order valence-corrected chi connectivity index (χ3v) is 3.34. The van der Waals surface area contributed by atoms with Crippen molar-refractivity contribution in [2.45, 2.75) is 6.42 Å². The van der Waals surface area contributed by atoms with E-state index in [2.05, 4.69) is 5.32 Å². The third kappa shape index (κ3) is 3.85. The van der Waals surface area contributed by atoms with Gasteiger partial charge in [-0.15, -0.1) is 0 Å². The number of rotatable bonds is 3. The predicted octanol–water partition coefficient (Wildman–Crippen LogP) is 4.97. The number of carbonyl (C=O) groups is 1. The lowest BCUT2D eigenvalue weighted by Crippen LogP contribution is -2.15. The molecule has 0 aliphatic carbocycles. The Balaban J connectivity index is 2.13. The fraction of sp³-hybridized carbons (Fsp3) is 0.0714. The highest BCUT2D eigenvalue weighted by Crippen LogP contribution is 2.23. The second-order valence-corrected chi connectivity index (χ2v) is 5.36. The summed E-state index contributed by atoms with van der Waals surface area (Å²) < 4.78 is 13.6. The first-order valence-electron chi connectivity index (χ1n) is 5.64. The predicted molar refractivity (Wildman–Crippen MR) is 80.2 cm³/mol. The molecule has 2 aromatic rings. The van der Waals surface area contributed by atoms with Gasteiger partial charge >= 0.3 is 0 Å². The molecule has 0 aliphatic heterocycles. The number of benzene rings is 2. The molecule has 0 saturated heterocycles. The van der Waals surface area contributed by atoms with Crippen molar-refractivity contribution < 1.29 is 9.18 Å². The molecule has 1 amide bonds. The summed E-state index contributed by atoms with van der Waals surface area (Å²) in [6.07, 6.45) is -0.171. The molecule has 104 valence electrons. The van der Waals surface area contributed by atoms with Gasteiger partial charge in [0, 0.05) is 26.3 Å². The summed E-state index contributed by atoms with van der Waals surface area (Å²) in [6.45, 7) is 0. The monoisotopic (exact) mass is 331 g/mol. The van der Waals surface area contributed by atoms with E-state index in [-0.39, 0.29) is 17.0 Å². The van der Waals surface area contributed by atoms with Crippen LogP contribution >= 0.6 is 34.8 Å². The van der Waals surface area contributed by atoms with Crippen LogP contribution in [0.25, 0.3) is 0 Å². The summed E-state index contributed by atoms with van der Waals surface area (Å²) in [6, 6.07) is 8.92. The molecule has 0 aliphatic rings. The zero-order valence-corrected chi connectivity index (χ0v) is 12.4. The number of amides is 1. The molecule has 1 N–H and O–H groups in total. The number of hydrogen-bond donors (Lipinski definition) is 1. The zero-order chi connectivity index (χ0) is 14.7. The molecule has 0 fully saturated rings. The summed E-state index contributed by atoms with van der Waals surface area (Å²) in [7, 11) is 0. The molecule has 2 rings (SSSR count). The largest absolute Gasteiger partial charge is 0.326 e. The third-order valence-electron chi connectivity index (χ3n) is 2.55. The fourth-order valence-corrected chi connectivity index (χ4v) is 2.45. The van der Waals surface area contributed by atoms with Crippen LogP contribution in [0, 0.1) is 5.82 Å². The first kappa shape index (κ1) is 15.1. The average molecular weight is 333 g/mol. The molecule has 0 radical (unpaired) electrons. The minimum Gasteiger partial charge on any atom is -0.326 e. The highest BCUT2D eigenvalue weighted by molar-refractivity contribution is 6.35. The molecule has 0 aromatic heterocycles. The smallest absolute Gasteiger partial charge is 0.228 e. The Bertz CT molecular complexity index is 620. The van der Waals surface area contributed by atoms with Crippen molar-refractivity contribution in [2.75, 3.05) is 5.32 Å². The van der Waals surface area contributed by atoms with E-state index in [9.17, 15) is 9.18 Å². The molecule has 0 saturated carbocycles. The van der Waals surface area contributed by atoms with E-state index in [1.54, 1.807) is 18.2 Å². The molecular weight excluding hydrogens is 324 g/mol. The van der Waals surface area contributed by atoms with E-state index in [1.165, 1.54) is 18.2 Å². The van der Waals surface area contributed by atoms with Crippen molar-refractivity contribution in [1.82, 2.24) is 0 Å². The molecule has 0 atom stereocenters. The van der Waals surface area contributed by atoms with Crippen LogP contribution in [0.4, 0.5) is 10.1 Å². The van der Waals surface area contributed by atoms with Crippen LogP contribution in [-0.2, 0) is 11.2 Å². The first-order valence-corrected chi connectivity index (χ1v) is 6.78. The Labute approximate surface area is 130 Å². The quantitative estimate of drug-likeness (QED) is 0.845. The lowest BCUT2D eigenvalue weighted by molar-refractivity contribution is -0.115. The van der Waals surface area contributed by atoms with Crippen molar-refractivity contribution >= 4 is 46.4 Å². The Morgan fingerprint density at radius 1 is 1.10 bits per heavy atom. The van der Waals surface area contributed by atoms with Crippen LogP contribution in [0.15, 0.2) is 36.4 Å². The van der Waals surface area contributed by atoms with Crippen molar-refractivity contribution in [2.24, 2.45) is 0 Å². The van der Waals surface area contributed by atoms with E-state index in [0.29, 0.717) is 15.7 Å². The lowest BCUT2D eigenvalue weighted by Gasteiger charge is -2.08. The molecule has 20 heavy (non-hydrogen) atoms. The Morgan fingerprint density at radius 3 is 2.35 bits per heavy atom. The maximum atomic E-state index is 13.6. The van der Waals surface area contributed by atoms with Gasteiger partial charge in [-0.25, -0.2) is 4.39 Å². The van der Waals surface area contributed by atoms with Crippen molar-refractivity contribution in [3.8, 4) is 0 Å². The molecule has 2 aromatic carbocycles. The molecule has 2 nitrogen and oxygen atoms in total. The normalized spacial score (nSPS) is 10.4. The highest BCUT2D eigenvalue weighted by atomic mass is 35.5. The van der Waals surface area contributed by atoms with Crippen LogP contribution in [0.1, 0.15) is 5.56 Å². The van der Waals surface area contributed by atoms with Gasteiger partial charge in [0.15, 0.2) is 0 Å². The van der Waals surface area contributed by atoms with Gasteiger partial charge in [-0.3, -0.25) is 4.79 Å². The fourth-order valence-electron chi connectivity index (χ4n) is 1.69. The summed E-state index contributed by atoms with van der Waals surface area (Å²) in [5, 5.41) is 3.61. The molecule has 0 spiro atoms. The van der Waals surface area contributed by atoms with Crippen molar-refractivity contribution in [3.05, 3.63) is 62.8 Å². The number of carbonyl (C=O) groups excluding carboxylic acids is 1. The minimum absolute atomic E-state index is 0.153. The van der Waals surface area contributed by atoms with Gasteiger partial charge in [-0.2, -0.15) is 0 Å². The maximum absolute atomic E-state index is 13.6. The topological polar surface area (TPSA) is 29.1 Å². The number of anilines is 1. The van der Waals surface area contributed by atoms with Crippen LogP contribution in [0.2, 0.25) is 15.1 Å². The average Bonchev–Trinajstić information content (AvgIpc) is 2.32. The van der Waals surface area contributed by atoms with Crippen LogP contribution in [-0.4, -0.2) is 5.91 Å². The second-order valence-electron chi connectivity index (χ2n) is 4.08. The Kier molecular flexibility index (Phi) is 4.86. The Morgan fingerprint density at radius 2 is 1.75 bits per heavy atom. The van der Waals surface area contributed by atoms with Gasteiger partial charge in [0.25, 0.3) is 0 Å². The standard InChI is InChI=1S/C14H9Cl3FNO/c15-8-4-9(16)6-10(5-8)19-14(20)7-11-12(17)2-1-3-13(11)18/h1-6H,7H2,(H,19,20). The number of nitrogens with one attached hydrogen (secondary N) is 1. The molecule has 6 heteroatoms. The summed E-state index contributed by atoms with van der Waals surface area (Å²) >= 11 is 17.5. The molecule has 0 unspecified atom stereocenters. The van der Waals surface area contributed by atoms with E-state index < -0.39 is 11.7 Å². The number of hydrogen-bond acceptors (Lipinski definition) is 1. The van der Waals surface area contributed by atoms with Gasteiger partial charge in [-0.1, -0.05) is 40.9 Å². The SMILES string of the molecule is O=C(Cc1c(F)cccc1Cl)Nc1cc(Cl)cc(Cl)c1. The van der Waals surface area contributed by atoms with Crippen LogP contribution < -0.4 is 5.32 Å². The van der Waals surface area contributed by atoms with E-state index >= 15 is 0 Å². The van der Waals surface area contributed by atoms with Gasteiger partial charge in [0.2, 0.25) is 5.91 Å². The molecule has 0 bridgehead atoms. The van der Waals surface area contributed by atoms with E-state index in [0.717, 1.165) is 0 Å². The van der Waals surface area contributed by atoms with Gasteiger partial charge in [-0.05, 0) is 30.3 Å².